The Kier molecular flexibility index (Phi) is 4.21. The van der Waals surface area contributed by atoms with Gasteiger partial charge in [-0.05, 0) is 36.4 Å². The van der Waals surface area contributed by atoms with Crippen molar-refractivity contribution in [1.29, 1.82) is 0 Å². The number of hydrogen-bond donors (Lipinski definition) is 2. The van der Waals surface area contributed by atoms with Gasteiger partial charge in [0.05, 0.1) is 31.5 Å². The number of aromatic nitrogens is 4. The number of fused-ring (bicyclic) bond motifs is 1. The van der Waals surface area contributed by atoms with Crippen LogP contribution in [0.5, 0.6) is 17.2 Å². The van der Waals surface area contributed by atoms with Crippen LogP contribution in [0.4, 0.5) is 17.3 Å². The molecule has 4 rings (SSSR count). The topological polar surface area (TPSA) is 96.4 Å². The van der Waals surface area contributed by atoms with Crippen LogP contribution in [0.3, 0.4) is 0 Å². The number of phenols is 1. The maximum Gasteiger partial charge on any atom is 0.236 e. The molecule has 8 heteroatoms. The zero-order chi connectivity index (χ0) is 18.8. The van der Waals surface area contributed by atoms with Crippen LogP contribution in [0.2, 0.25) is 0 Å². The lowest BCUT2D eigenvalue weighted by Gasteiger charge is -2.23. The van der Waals surface area contributed by atoms with E-state index in [2.05, 4.69) is 20.2 Å². The van der Waals surface area contributed by atoms with Crippen molar-refractivity contribution < 1.29 is 14.6 Å². The fourth-order valence-electron chi connectivity index (χ4n) is 2.77. The second kappa shape index (κ2) is 6.83. The smallest absolute Gasteiger partial charge is 0.236 e. The molecule has 2 N–H and O–H groups in total. The molecule has 0 radical (unpaired) electrons. The molecule has 0 atom stereocenters. The Morgan fingerprint density at radius 3 is 2.44 bits per heavy atom. The minimum absolute atomic E-state index is 0.0242. The van der Waals surface area contributed by atoms with Crippen molar-refractivity contribution in [3.8, 4) is 17.2 Å². The molecule has 0 aliphatic rings. The molecule has 4 aromatic rings. The van der Waals surface area contributed by atoms with E-state index in [1.54, 1.807) is 31.6 Å². The van der Waals surface area contributed by atoms with Gasteiger partial charge in [-0.15, -0.1) is 0 Å². The minimum Gasteiger partial charge on any atom is -0.504 e. The van der Waals surface area contributed by atoms with E-state index in [0.717, 1.165) is 16.8 Å². The molecule has 2 heterocycles. The highest BCUT2D eigenvalue weighted by Gasteiger charge is 2.18. The van der Waals surface area contributed by atoms with E-state index in [9.17, 15) is 5.11 Å². The van der Waals surface area contributed by atoms with Crippen LogP contribution >= 0.6 is 0 Å². The van der Waals surface area contributed by atoms with Gasteiger partial charge in [0.15, 0.2) is 17.1 Å². The zero-order valence-corrected chi connectivity index (χ0v) is 14.7. The Morgan fingerprint density at radius 1 is 0.963 bits per heavy atom. The van der Waals surface area contributed by atoms with Crippen molar-refractivity contribution in [3.63, 3.8) is 0 Å². The molecule has 0 saturated heterocycles. The normalized spacial score (nSPS) is 10.7. The van der Waals surface area contributed by atoms with E-state index in [0.29, 0.717) is 23.0 Å². The predicted molar refractivity (Wildman–Crippen MR) is 101 cm³/mol. The lowest BCUT2D eigenvalue weighted by Crippen LogP contribution is -2.13. The monoisotopic (exact) mass is 363 g/mol. The molecule has 0 bridgehead atoms. The van der Waals surface area contributed by atoms with Crippen LogP contribution < -0.4 is 14.4 Å². The summed E-state index contributed by atoms with van der Waals surface area (Å²) in [5.41, 5.74) is 2.10. The average Bonchev–Trinajstić information content (AvgIpc) is 3.17. The van der Waals surface area contributed by atoms with Gasteiger partial charge in [0.1, 0.15) is 5.75 Å². The number of anilines is 3. The Balaban J connectivity index is 1.86. The van der Waals surface area contributed by atoms with Crippen LogP contribution in [-0.2, 0) is 0 Å². The molecule has 0 aliphatic carbocycles. The third-order valence-corrected chi connectivity index (χ3v) is 4.13. The lowest BCUT2D eigenvalue weighted by molar-refractivity contribution is 0.373. The number of nitrogens with one attached hydrogen (secondary N) is 1. The number of aromatic hydroxyl groups is 1. The molecule has 0 amide bonds. The summed E-state index contributed by atoms with van der Waals surface area (Å²) >= 11 is 0. The van der Waals surface area contributed by atoms with Crippen molar-refractivity contribution in [2.45, 2.75) is 0 Å². The highest BCUT2D eigenvalue weighted by Crippen LogP contribution is 2.38. The van der Waals surface area contributed by atoms with Crippen LogP contribution in [0.1, 0.15) is 0 Å². The zero-order valence-electron chi connectivity index (χ0n) is 14.7. The summed E-state index contributed by atoms with van der Waals surface area (Å²) in [5.74, 6) is 1.58. The number of methoxy groups -OCH3 is 2. The van der Waals surface area contributed by atoms with Gasteiger partial charge < -0.3 is 14.6 Å². The number of H-pyrrole nitrogens is 1. The van der Waals surface area contributed by atoms with E-state index in [4.69, 9.17) is 9.47 Å². The number of aromatic amines is 1. The van der Waals surface area contributed by atoms with E-state index < -0.39 is 0 Å². The summed E-state index contributed by atoms with van der Waals surface area (Å²) < 4.78 is 10.4. The molecule has 0 saturated carbocycles. The standard InChI is InChI=1S/C19H17N5O3/c1-26-15-6-3-13(4-7-15)24(14-5-8-17(27-2)16(25)9-14)19-20-10-12-11-21-23-18(12)22-19/h3-11,25H,1-2H3,(H,20,21,22,23). The van der Waals surface area contributed by atoms with Crippen molar-refractivity contribution in [2.24, 2.45) is 0 Å². The molecule has 2 aromatic carbocycles. The molecule has 0 fully saturated rings. The Labute approximate surface area is 155 Å². The minimum atomic E-state index is 0.0242. The van der Waals surface area contributed by atoms with E-state index in [-0.39, 0.29) is 5.75 Å². The summed E-state index contributed by atoms with van der Waals surface area (Å²) in [4.78, 5) is 10.8. The van der Waals surface area contributed by atoms with Gasteiger partial charge in [-0.3, -0.25) is 10.00 Å². The van der Waals surface area contributed by atoms with Crippen molar-refractivity contribution >= 4 is 28.4 Å². The maximum atomic E-state index is 10.2. The van der Waals surface area contributed by atoms with Crippen LogP contribution in [-0.4, -0.2) is 39.5 Å². The highest BCUT2D eigenvalue weighted by atomic mass is 16.5. The second-order valence-corrected chi connectivity index (χ2v) is 5.73. The Hall–Kier alpha value is -3.81. The third-order valence-electron chi connectivity index (χ3n) is 4.13. The summed E-state index contributed by atoms with van der Waals surface area (Å²) in [6.07, 6.45) is 3.36. The molecule has 0 unspecified atom stereocenters. The highest BCUT2D eigenvalue weighted by molar-refractivity contribution is 5.79. The summed E-state index contributed by atoms with van der Waals surface area (Å²) in [5, 5.41) is 17.9. The van der Waals surface area contributed by atoms with Crippen molar-refractivity contribution in [2.75, 3.05) is 19.1 Å². The number of nitrogens with zero attached hydrogens (tertiary/aromatic N) is 4. The molecule has 8 nitrogen and oxygen atoms in total. The quantitative estimate of drug-likeness (QED) is 0.560. The number of hydrogen-bond acceptors (Lipinski definition) is 7. The molecular formula is C19H17N5O3. The number of phenolic OH excluding ortho intramolecular Hbond substituents is 1. The van der Waals surface area contributed by atoms with E-state index >= 15 is 0 Å². The molecule has 2 aromatic heterocycles. The van der Waals surface area contributed by atoms with Crippen molar-refractivity contribution in [3.05, 3.63) is 54.9 Å². The van der Waals surface area contributed by atoms with E-state index in [1.165, 1.54) is 7.11 Å². The molecule has 0 aliphatic heterocycles. The van der Waals surface area contributed by atoms with Gasteiger partial charge in [-0.25, -0.2) is 4.98 Å². The van der Waals surface area contributed by atoms with Gasteiger partial charge in [0.2, 0.25) is 5.95 Å². The SMILES string of the molecule is COc1ccc(N(c2ccc(OC)c(O)c2)c2ncc3cn[nH]c3n2)cc1. The van der Waals surface area contributed by atoms with Gasteiger partial charge >= 0.3 is 0 Å². The Morgan fingerprint density at radius 2 is 1.74 bits per heavy atom. The summed E-state index contributed by atoms with van der Waals surface area (Å²) in [7, 11) is 3.12. The summed E-state index contributed by atoms with van der Waals surface area (Å²) in [6, 6.07) is 12.6. The average molecular weight is 363 g/mol. The maximum absolute atomic E-state index is 10.2. The van der Waals surface area contributed by atoms with Gasteiger partial charge in [0, 0.05) is 18.0 Å². The number of rotatable bonds is 5. The van der Waals surface area contributed by atoms with Crippen LogP contribution in [0, 0.1) is 0 Å². The fourth-order valence-corrected chi connectivity index (χ4v) is 2.77. The molecule has 27 heavy (non-hydrogen) atoms. The summed E-state index contributed by atoms with van der Waals surface area (Å²) in [6.45, 7) is 0. The predicted octanol–water partition coefficient (Wildman–Crippen LogP) is 3.55. The third kappa shape index (κ3) is 3.08. The molecule has 136 valence electrons. The second-order valence-electron chi connectivity index (χ2n) is 5.73. The largest absolute Gasteiger partial charge is 0.504 e. The first kappa shape index (κ1) is 16.6. The fraction of sp³-hybridized carbons (Fsp3) is 0.105. The van der Waals surface area contributed by atoms with E-state index in [1.807, 2.05) is 35.2 Å². The molecular weight excluding hydrogens is 346 g/mol. The van der Waals surface area contributed by atoms with Crippen molar-refractivity contribution in [1.82, 2.24) is 20.2 Å². The van der Waals surface area contributed by atoms with Gasteiger partial charge in [-0.2, -0.15) is 10.1 Å². The first-order valence-electron chi connectivity index (χ1n) is 8.17. The first-order chi connectivity index (χ1) is 13.2. The number of ether oxygens (including phenoxy) is 2. The van der Waals surface area contributed by atoms with Gasteiger partial charge in [0.25, 0.3) is 0 Å². The number of benzene rings is 2. The lowest BCUT2D eigenvalue weighted by atomic mass is 10.2. The first-order valence-corrected chi connectivity index (χ1v) is 8.17. The van der Waals surface area contributed by atoms with Gasteiger partial charge in [-0.1, -0.05) is 0 Å². The Bertz CT molecular complexity index is 1080. The molecule has 0 spiro atoms. The van der Waals surface area contributed by atoms with Crippen LogP contribution in [0.15, 0.2) is 54.9 Å². The van der Waals surface area contributed by atoms with Crippen LogP contribution in [0.25, 0.3) is 11.0 Å².